The molecule has 3 heteroatoms. The number of urea groups is 1. The average molecular weight is 252 g/mol. The van der Waals surface area contributed by atoms with Crippen molar-refractivity contribution in [3.8, 4) is 0 Å². The van der Waals surface area contributed by atoms with Crippen LogP contribution in [0.1, 0.15) is 11.1 Å². The van der Waals surface area contributed by atoms with Crippen LogP contribution in [0.4, 0.5) is 10.5 Å². The quantitative estimate of drug-likeness (QED) is 0.895. The molecule has 3 rings (SSSR count). The summed E-state index contributed by atoms with van der Waals surface area (Å²) in [5.41, 5.74) is 3.46. The molecule has 1 saturated heterocycles. The molecule has 1 fully saturated rings. The number of hydrogen-bond acceptors (Lipinski definition) is 1. The third-order valence-electron chi connectivity index (χ3n) is 3.38. The van der Waals surface area contributed by atoms with Gasteiger partial charge in [-0.05, 0) is 23.6 Å². The molecule has 19 heavy (non-hydrogen) atoms. The van der Waals surface area contributed by atoms with Crippen LogP contribution in [-0.2, 0) is 6.42 Å². The first-order chi connectivity index (χ1) is 9.34. The van der Waals surface area contributed by atoms with E-state index in [0.717, 1.165) is 25.2 Å². The van der Waals surface area contributed by atoms with Crippen molar-refractivity contribution < 1.29 is 4.79 Å². The topological polar surface area (TPSA) is 32.3 Å². The first-order valence-electron chi connectivity index (χ1n) is 6.52. The maximum Gasteiger partial charge on any atom is 0.322 e. The summed E-state index contributed by atoms with van der Waals surface area (Å²) in [5, 5.41) is 2.85. The number of carbonyl (C=O) groups excluding carboxylic acids is 1. The van der Waals surface area contributed by atoms with E-state index in [1.807, 2.05) is 41.3 Å². The molecule has 3 nitrogen and oxygen atoms in total. The van der Waals surface area contributed by atoms with Gasteiger partial charge in [-0.2, -0.15) is 0 Å². The molecule has 0 radical (unpaired) electrons. The van der Waals surface area contributed by atoms with Crippen molar-refractivity contribution in [1.82, 2.24) is 5.32 Å². The van der Waals surface area contributed by atoms with E-state index >= 15 is 0 Å². The Kier molecular flexibility index (Phi) is 3.19. The van der Waals surface area contributed by atoms with Gasteiger partial charge in [-0.15, -0.1) is 0 Å². The number of nitrogens with one attached hydrogen (secondary N) is 1. The summed E-state index contributed by atoms with van der Waals surface area (Å²) < 4.78 is 0. The van der Waals surface area contributed by atoms with Crippen molar-refractivity contribution in [1.29, 1.82) is 0 Å². The zero-order chi connectivity index (χ0) is 13.1. The number of rotatable bonds is 3. The van der Waals surface area contributed by atoms with Crippen molar-refractivity contribution in [3.05, 3.63) is 65.7 Å². The Morgan fingerprint density at radius 1 is 1.00 bits per heavy atom. The number of hydrogen-bond donors (Lipinski definition) is 1. The van der Waals surface area contributed by atoms with Gasteiger partial charge < -0.3 is 5.32 Å². The molecule has 2 aromatic carbocycles. The molecule has 0 aliphatic carbocycles. The first-order valence-corrected chi connectivity index (χ1v) is 6.52. The van der Waals surface area contributed by atoms with Crippen molar-refractivity contribution in [2.24, 2.45) is 0 Å². The molecule has 0 atom stereocenters. The van der Waals surface area contributed by atoms with Crippen LogP contribution in [0, 0.1) is 0 Å². The van der Waals surface area contributed by atoms with Crippen molar-refractivity contribution >= 4 is 11.7 Å². The predicted molar refractivity (Wildman–Crippen MR) is 76.4 cm³/mol. The lowest BCUT2D eigenvalue weighted by Crippen LogP contribution is -2.28. The molecule has 1 aliphatic heterocycles. The van der Waals surface area contributed by atoms with Gasteiger partial charge in [0.2, 0.25) is 0 Å². The van der Waals surface area contributed by atoms with Gasteiger partial charge in [0.15, 0.2) is 0 Å². The van der Waals surface area contributed by atoms with E-state index in [1.165, 1.54) is 11.1 Å². The molecular weight excluding hydrogens is 236 g/mol. The second kappa shape index (κ2) is 5.14. The molecular formula is C16H16N2O. The summed E-state index contributed by atoms with van der Waals surface area (Å²) in [6.45, 7) is 1.46. The van der Waals surface area contributed by atoms with Crippen LogP contribution in [0.2, 0.25) is 0 Å². The van der Waals surface area contributed by atoms with E-state index in [9.17, 15) is 4.79 Å². The largest absolute Gasteiger partial charge is 0.336 e. The highest BCUT2D eigenvalue weighted by Gasteiger charge is 2.22. The Morgan fingerprint density at radius 3 is 2.47 bits per heavy atom. The highest BCUT2D eigenvalue weighted by Crippen LogP contribution is 2.24. The van der Waals surface area contributed by atoms with E-state index in [-0.39, 0.29) is 6.03 Å². The van der Waals surface area contributed by atoms with Gasteiger partial charge in [0, 0.05) is 18.8 Å². The van der Waals surface area contributed by atoms with Crippen LogP contribution in [-0.4, -0.2) is 19.1 Å². The molecule has 0 bridgehead atoms. The van der Waals surface area contributed by atoms with Crippen LogP contribution >= 0.6 is 0 Å². The average Bonchev–Trinajstić information content (AvgIpc) is 2.87. The summed E-state index contributed by atoms with van der Waals surface area (Å²) in [6, 6.07) is 18.4. The Bertz CT molecular complexity index is 580. The smallest absolute Gasteiger partial charge is 0.322 e. The van der Waals surface area contributed by atoms with Gasteiger partial charge in [-0.25, -0.2) is 4.79 Å². The minimum Gasteiger partial charge on any atom is -0.336 e. The van der Waals surface area contributed by atoms with Gasteiger partial charge >= 0.3 is 6.03 Å². The maximum absolute atomic E-state index is 11.8. The van der Waals surface area contributed by atoms with Crippen LogP contribution in [0.25, 0.3) is 0 Å². The lowest BCUT2D eigenvalue weighted by atomic mass is 10.0. The van der Waals surface area contributed by atoms with Gasteiger partial charge in [-0.3, -0.25) is 4.90 Å². The molecule has 1 aliphatic rings. The lowest BCUT2D eigenvalue weighted by molar-refractivity contribution is 0.252. The summed E-state index contributed by atoms with van der Waals surface area (Å²) >= 11 is 0. The number of anilines is 1. The van der Waals surface area contributed by atoms with Gasteiger partial charge in [0.05, 0.1) is 0 Å². The van der Waals surface area contributed by atoms with E-state index in [0.29, 0.717) is 0 Å². The first kappa shape index (κ1) is 11.8. The van der Waals surface area contributed by atoms with Gasteiger partial charge in [-0.1, -0.05) is 48.5 Å². The highest BCUT2D eigenvalue weighted by atomic mass is 16.2. The molecule has 1 N–H and O–H groups in total. The monoisotopic (exact) mass is 252 g/mol. The second-order valence-corrected chi connectivity index (χ2v) is 4.67. The van der Waals surface area contributed by atoms with Crippen molar-refractivity contribution in [2.75, 3.05) is 18.0 Å². The number of carbonyl (C=O) groups is 1. The molecule has 0 aromatic heterocycles. The zero-order valence-electron chi connectivity index (χ0n) is 10.7. The molecule has 0 unspecified atom stereocenters. The molecule has 96 valence electrons. The van der Waals surface area contributed by atoms with E-state index in [4.69, 9.17) is 0 Å². The van der Waals surface area contributed by atoms with E-state index in [1.54, 1.807) is 0 Å². The molecule has 0 saturated carbocycles. The number of nitrogens with zero attached hydrogens (tertiary/aromatic N) is 1. The fourth-order valence-corrected chi connectivity index (χ4v) is 2.44. The van der Waals surface area contributed by atoms with Crippen LogP contribution < -0.4 is 10.2 Å². The zero-order valence-corrected chi connectivity index (χ0v) is 10.7. The Hall–Kier alpha value is -2.29. The third kappa shape index (κ3) is 2.45. The maximum atomic E-state index is 11.8. The Morgan fingerprint density at radius 2 is 1.74 bits per heavy atom. The second-order valence-electron chi connectivity index (χ2n) is 4.67. The highest BCUT2D eigenvalue weighted by molar-refractivity contribution is 5.94. The third-order valence-corrected chi connectivity index (χ3v) is 3.38. The van der Waals surface area contributed by atoms with Crippen molar-refractivity contribution in [2.45, 2.75) is 6.42 Å². The number of para-hydroxylation sites is 1. The van der Waals surface area contributed by atoms with Gasteiger partial charge in [0.25, 0.3) is 0 Å². The summed E-state index contributed by atoms with van der Waals surface area (Å²) in [4.78, 5) is 13.6. The standard InChI is InChI=1S/C16H16N2O/c19-16-17-10-11-18(16)15-9-5-4-8-14(15)12-13-6-2-1-3-7-13/h1-9H,10-12H2,(H,17,19). The summed E-state index contributed by atoms with van der Waals surface area (Å²) in [6.07, 6.45) is 0.848. The predicted octanol–water partition coefficient (Wildman–Crippen LogP) is 2.81. The minimum atomic E-state index is 0.000474. The van der Waals surface area contributed by atoms with Crippen LogP contribution in [0.5, 0.6) is 0 Å². The minimum absolute atomic E-state index is 0.000474. The molecule has 1 heterocycles. The van der Waals surface area contributed by atoms with E-state index < -0.39 is 0 Å². The fraction of sp³-hybridized carbons (Fsp3) is 0.188. The van der Waals surface area contributed by atoms with Crippen LogP contribution in [0.3, 0.4) is 0 Å². The van der Waals surface area contributed by atoms with Crippen molar-refractivity contribution in [3.63, 3.8) is 0 Å². The Balaban J connectivity index is 1.91. The van der Waals surface area contributed by atoms with Gasteiger partial charge in [0.1, 0.15) is 0 Å². The van der Waals surface area contributed by atoms with E-state index in [2.05, 4.69) is 23.5 Å². The molecule has 0 spiro atoms. The fourth-order valence-electron chi connectivity index (χ4n) is 2.44. The normalized spacial score (nSPS) is 14.5. The lowest BCUT2D eigenvalue weighted by Gasteiger charge is -2.18. The SMILES string of the molecule is O=C1NCCN1c1ccccc1Cc1ccccc1. The summed E-state index contributed by atoms with van der Waals surface area (Å²) in [7, 11) is 0. The summed E-state index contributed by atoms with van der Waals surface area (Å²) in [5.74, 6) is 0. The molecule has 2 amide bonds. The Labute approximate surface area is 112 Å². The number of benzene rings is 2. The number of amides is 2. The van der Waals surface area contributed by atoms with Crippen LogP contribution in [0.15, 0.2) is 54.6 Å². The molecule has 2 aromatic rings.